The average molecular weight is 270 g/mol. The van der Waals surface area contributed by atoms with E-state index < -0.39 is 17.9 Å². The molecule has 1 aromatic carbocycles. The number of alkyl halides is 2. The van der Waals surface area contributed by atoms with Crippen LogP contribution in [-0.4, -0.2) is 11.5 Å². The second-order valence-electron chi connectivity index (χ2n) is 5.88. The summed E-state index contributed by atoms with van der Waals surface area (Å²) in [6.45, 7) is 9.10. The summed E-state index contributed by atoms with van der Waals surface area (Å²) in [5.74, 6) is -0.993. The average Bonchev–Trinajstić information content (AvgIpc) is 2.36. The summed E-state index contributed by atoms with van der Waals surface area (Å²) in [5, 5.41) is 10.7. The van der Waals surface area contributed by atoms with Gasteiger partial charge in [0.1, 0.15) is 0 Å². The zero-order valence-corrected chi connectivity index (χ0v) is 12.3. The van der Waals surface area contributed by atoms with Gasteiger partial charge in [0.15, 0.2) is 0 Å². The van der Waals surface area contributed by atoms with Gasteiger partial charge in [0, 0.05) is 0 Å². The number of hydrogen-bond donors (Lipinski definition) is 1. The fourth-order valence-corrected chi connectivity index (χ4v) is 2.45. The van der Waals surface area contributed by atoms with Gasteiger partial charge in [0.2, 0.25) is 6.43 Å². The van der Waals surface area contributed by atoms with Gasteiger partial charge in [-0.1, -0.05) is 58.9 Å². The lowest BCUT2D eigenvalue weighted by Gasteiger charge is -2.38. The molecule has 0 aromatic heterocycles. The first kappa shape index (κ1) is 16.1. The van der Waals surface area contributed by atoms with Crippen molar-refractivity contribution in [3.63, 3.8) is 0 Å². The van der Waals surface area contributed by atoms with Crippen molar-refractivity contribution >= 4 is 0 Å². The lowest BCUT2D eigenvalue weighted by molar-refractivity contribution is -0.112. The lowest BCUT2D eigenvalue weighted by atomic mass is 9.74. The SMILES string of the molecule is CC(C)c1ccc(C(O)(C(C)C)C(C)C(F)F)cc1. The maximum atomic E-state index is 13.0. The van der Waals surface area contributed by atoms with Gasteiger partial charge in [-0.3, -0.25) is 0 Å². The molecule has 0 saturated carbocycles. The van der Waals surface area contributed by atoms with Crippen LogP contribution in [0.2, 0.25) is 0 Å². The van der Waals surface area contributed by atoms with E-state index in [0.717, 1.165) is 5.56 Å². The minimum atomic E-state index is -2.54. The van der Waals surface area contributed by atoms with Crippen molar-refractivity contribution in [2.24, 2.45) is 11.8 Å². The smallest absolute Gasteiger partial charge is 0.244 e. The molecule has 108 valence electrons. The first-order valence-corrected chi connectivity index (χ1v) is 6.82. The van der Waals surface area contributed by atoms with Gasteiger partial charge in [-0.15, -0.1) is 0 Å². The van der Waals surface area contributed by atoms with Crippen molar-refractivity contribution in [1.82, 2.24) is 0 Å². The predicted octanol–water partition coefficient (Wildman–Crippen LogP) is 4.55. The van der Waals surface area contributed by atoms with Crippen LogP contribution in [-0.2, 0) is 5.60 Å². The van der Waals surface area contributed by atoms with E-state index in [9.17, 15) is 13.9 Å². The van der Waals surface area contributed by atoms with Crippen LogP contribution >= 0.6 is 0 Å². The highest BCUT2D eigenvalue weighted by Gasteiger charge is 2.43. The number of halogens is 2. The molecule has 3 heteroatoms. The highest BCUT2D eigenvalue weighted by molar-refractivity contribution is 5.30. The lowest BCUT2D eigenvalue weighted by Crippen LogP contribution is -2.42. The maximum absolute atomic E-state index is 13.0. The zero-order valence-electron chi connectivity index (χ0n) is 12.3. The fraction of sp³-hybridized carbons (Fsp3) is 0.625. The van der Waals surface area contributed by atoms with Gasteiger partial charge in [0.25, 0.3) is 0 Å². The molecule has 0 radical (unpaired) electrons. The molecule has 0 heterocycles. The topological polar surface area (TPSA) is 20.2 Å². The summed E-state index contributed by atoms with van der Waals surface area (Å²) in [7, 11) is 0. The molecule has 1 nitrogen and oxygen atoms in total. The fourth-order valence-electron chi connectivity index (χ4n) is 2.45. The molecule has 2 unspecified atom stereocenters. The molecular weight excluding hydrogens is 246 g/mol. The molecule has 0 fully saturated rings. The third kappa shape index (κ3) is 3.14. The Balaban J connectivity index is 3.19. The van der Waals surface area contributed by atoms with Crippen LogP contribution in [0.5, 0.6) is 0 Å². The summed E-state index contributed by atoms with van der Waals surface area (Å²) < 4.78 is 26.0. The molecule has 1 aromatic rings. The first-order chi connectivity index (χ1) is 8.71. The number of rotatable bonds is 5. The second-order valence-corrected chi connectivity index (χ2v) is 5.88. The van der Waals surface area contributed by atoms with Crippen LogP contribution < -0.4 is 0 Å². The summed E-state index contributed by atoms with van der Waals surface area (Å²) in [6, 6.07) is 7.36. The molecule has 0 bridgehead atoms. The van der Waals surface area contributed by atoms with Crippen LogP contribution in [0.4, 0.5) is 8.78 Å². The summed E-state index contributed by atoms with van der Waals surface area (Å²) in [6.07, 6.45) is -2.54. The van der Waals surface area contributed by atoms with Crippen molar-refractivity contribution in [1.29, 1.82) is 0 Å². The highest BCUT2D eigenvalue weighted by atomic mass is 19.3. The van der Waals surface area contributed by atoms with Crippen molar-refractivity contribution in [2.45, 2.75) is 52.6 Å². The van der Waals surface area contributed by atoms with Crippen molar-refractivity contribution in [3.8, 4) is 0 Å². The molecule has 0 aliphatic carbocycles. The van der Waals surface area contributed by atoms with E-state index in [0.29, 0.717) is 11.5 Å². The van der Waals surface area contributed by atoms with Crippen molar-refractivity contribution in [2.75, 3.05) is 0 Å². The molecule has 0 saturated heterocycles. The number of benzene rings is 1. The Morgan fingerprint density at radius 2 is 1.42 bits per heavy atom. The van der Waals surface area contributed by atoms with E-state index in [2.05, 4.69) is 13.8 Å². The molecule has 0 amide bonds. The molecule has 1 rings (SSSR count). The minimum absolute atomic E-state index is 0.276. The Morgan fingerprint density at radius 3 is 1.74 bits per heavy atom. The third-order valence-electron chi connectivity index (χ3n) is 3.99. The normalized spacial score (nSPS) is 17.0. The van der Waals surface area contributed by atoms with Gasteiger partial charge < -0.3 is 5.11 Å². The largest absolute Gasteiger partial charge is 0.384 e. The van der Waals surface area contributed by atoms with Crippen molar-refractivity contribution < 1.29 is 13.9 Å². The molecule has 0 aliphatic rings. The summed E-state index contributed by atoms with van der Waals surface area (Å²) >= 11 is 0. The zero-order chi connectivity index (χ0) is 14.8. The van der Waals surface area contributed by atoms with Gasteiger partial charge in [-0.2, -0.15) is 0 Å². The van der Waals surface area contributed by atoms with Crippen LogP contribution in [0.25, 0.3) is 0 Å². The van der Waals surface area contributed by atoms with E-state index in [-0.39, 0.29) is 5.92 Å². The molecule has 1 N–H and O–H groups in total. The van der Waals surface area contributed by atoms with E-state index in [1.807, 2.05) is 12.1 Å². The first-order valence-electron chi connectivity index (χ1n) is 6.82. The Morgan fingerprint density at radius 1 is 0.947 bits per heavy atom. The molecule has 0 spiro atoms. The standard InChI is InChI=1S/C16H24F2O/c1-10(2)13-6-8-14(9-7-13)16(19,11(3)4)12(5)15(17)18/h6-12,15,19H,1-5H3. The van der Waals surface area contributed by atoms with Crippen LogP contribution in [0.3, 0.4) is 0 Å². The van der Waals surface area contributed by atoms with Gasteiger partial charge in [-0.25, -0.2) is 8.78 Å². The Hall–Kier alpha value is -0.960. The molecular formula is C16H24F2O. The number of hydrogen-bond acceptors (Lipinski definition) is 1. The van der Waals surface area contributed by atoms with E-state index in [1.54, 1.807) is 26.0 Å². The van der Waals surface area contributed by atoms with Gasteiger partial charge in [-0.05, 0) is 23.0 Å². The van der Waals surface area contributed by atoms with Crippen LogP contribution in [0, 0.1) is 11.8 Å². The monoisotopic (exact) mass is 270 g/mol. The summed E-state index contributed by atoms with van der Waals surface area (Å²) in [5.41, 5.74) is 0.211. The highest BCUT2D eigenvalue weighted by Crippen LogP contribution is 2.40. The minimum Gasteiger partial charge on any atom is -0.384 e. The third-order valence-corrected chi connectivity index (χ3v) is 3.99. The Bertz CT molecular complexity index is 398. The Kier molecular flexibility index (Phi) is 5.08. The van der Waals surface area contributed by atoms with Crippen LogP contribution in [0.1, 0.15) is 51.7 Å². The number of aliphatic hydroxyl groups is 1. The predicted molar refractivity (Wildman–Crippen MR) is 74.4 cm³/mol. The molecule has 2 atom stereocenters. The van der Waals surface area contributed by atoms with Crippen LogP contribution in [0.15, 0.2) is 24.3 Å². The van der Waals surface area contributed by atoms with E-state index in [4.69, 9.17) is 0 Å². The summed E-state index contributed by atoms with van der Waals surface area (Å²) in [4.78, 5) is 0. The van der Waals surface area contributed by atoms with Gasteiger partial charge in [0.05, 0.1) is 11.5 Å². The Labute approximate surface area is 114 Å². The maximum Gasteiger partial charge on any atom is 0.244 e. The molecule has 0 aliphatic heterocycles. The van der Waals surface area contributed by atoms with Gasteiger partial charge >= 0.3 is 0 Å². The second kappa shape index (κ2) is 6.00. The quantitative estimate of drug-likeness (QED) is 0.832. The van der Waals surface area contributed by atoms with E-state index in [1.165, 1.54) is 6.92 Å². The molecule has 19 heavy (non-hydrogen) atoms. The van der Waals surface area contributed by atoms with Crippen molar-refractivity contribution in [3.05, 3.63) is 35.4 Å². The van der Waals surface area contributed by atoms with E-state index >= 15 is 0 Å².